The molecule has 1 aromatic heterocycles. The second-order valence-corrected chi connectivity index (χ2v) is 14.1. The number of hydrogen-bond donors (Lipinski definition) is 1. The lowest BCUT2D eigenvalue weighted by atomic mass is 9.86. The van der Waals surface area contributed by atoms with Gasteiger partial charge in [0.1, 0.15) is 5.82 Å². The maximum atomic E-state index is 13.7. The minimum Gasteiger partial charge on any atom is -0.375 e. The molecule has 1 atom stereocenters. The molecule has 2 saturated carbocycles. The molecule has 5 rings (SSSR count). The van der Waals surface area contributed by atoms with Crippen molar-refractivity contribution >= 4 is 27.0 Å². The number of alkyl halides is 2. The van der Waals surface area contributed by atoms with Crippen molar-refractivity contribution in [3.63, 3.8) is 0 Å². The Morgan fingerprint density at radius 3 is 2.55 bits per heavy atom. The summed E-state index contributed by atoms with van der Waals surface area (Å²) in [6, 6.07) is 5.23. The number of morpholine rings is 1. The topological polar surface area (TPSA) is 93.5 Å². The van der Waals surface area contributed by atoms with Crippen molar-refractivity contribution < 1.29 is 26.7 Å². The molecule has 0 unspecified atom stereocenters. The van der Waals surface area contributed by atoms with Gasteiger partial charge in [-0.15, -0.1) is 0 Å². The van der Waals surface area contributed by atoms with Gasteiger partial charge in [0.25, 0.3) is 0 Å². The standard InChI is InChI=1S/C27H38F2N4O4S/c1-26(2,3)25-31-22-15-21(6-7-23(22)33(25)16-18-8-10-27(28,29)11-9-18)38(35,36)32-12-13-37-20(17-32)14-24(34)30-19-4-5-19/h6-7,15,18-20H,4-5,8-14,16-17H2,1-3H3,(H,30,34)/t20-/m1/s1. The highest BCUT2D eigenvalue weighted by Gasteiger charge is 2.37. The Balaban J connectivity index is 1.37. The van der Waals surface area contributed by atoms with Gasteiger partial charge in [-0.2, -0.15) is 4.31 Å². The maximum absolute atomic E-state index is 13.7. The van der Waals surface area contributed by atoms with E-state index < -0.39 is 22.0 Å². The summed E-state index contributed by atoms with van der Waals surface area (Å²) < 4.78 is 63.8. The molecule has 8 nitrogen and oxygen atoms in total. The Labute approximate surface area is 223 Å². The predicted molar refractivity (Wildman–Crippen MR) is 140 cm³/mol. The zero-order valence-corrected chi connectivity index (χ0v) is 23.2. The second kappa shape index (κ2) is 10.1. The van der Waals surface area contributed by atoms with Crippen molar-refractivity contribution in [1.29, 1.82) is 0 Å². The average molecular weight is 553 g/mol. The third kappa shape index (κ3) is 6.04. The largest absolute Gasteiger partial charge is 0.375 e. The molecular formula is C27H38F2N4O4S. The lowest BCUT2D eigenvalue weighted by molar-refractivity contribution is -0.125. The zero-order valence-electron chi connectivity index (χ0n) is 22.4. The molecule has 210 valence electrons. The lowest BCUT2D eigenvalue weighted by Gasteiger charge is -2.32. The Morgan fingerprint density at radius 2 is 1.89 bits per heavy atom. The first-order chi connectivity index (χ1) is 17.8. The van der Waals surface area contributed by atoms with Crippen LogP contribution in [0.25, 0.3) is 11.0 Å². The van der Waals surface area contributed by atoms with E-state index in [4.69, 9.17) is 9.72 Å². The first-order valence-electron chi connectivity index (χ1n) is 13.6. The minimum atomic E-state index is -3.82. The molecular weight excluding hydrogens is 514 g/mol. The Hall–Kier alpha value is -2.11. The van der Waals surface area contributed by atoms with Gasteiger partial charge in [0.15, 0.2) is 0 Å². The first kappa shape index (κ1) is 27.5. The number of fused-ring (bicyclic) bond motifs is 1. The van der Waals surface area contributed by atoms with Crippen LogP contribution in [0.2, 0.25) is 0 Å². The SMILES string of the molecule is CC(C)(C)c1nc2cc(S(=O)(=O)N3CCO[C@H](CC(=O)NC4CC4)C3)ccc2n1CC1CCC(F)(F)CC1. The average Bonchev–Trinajstić information content (AvgIpc) is 3.57. The quantitative estimate of drug-likeness (QED) is 0.555. The van der Waals surface area contributed by atoms with Crippen LogP contribution >= 0.6 is 0 Å². The highest BCUT2D eigenvalue weighted by Crippen LogP contribution is 2.38. The number of carbonyl (C=O) groups excluding carboxylic acids is 1. The fourth-order valence-corrected chi connectivity index (χ4v) is 6.95. The smallest absolute Gasteiger partial charge is 0.248 e. The number of halogens is 2. The Kier molecular flexibility index (Phi) is 7.32. The van der Waals surface area contributed by atoms with E-state index in [1.165, 1.54) is 4.31 Å². The highest BCUT2D eigenvalue weighted by molar-refractivity contribution is 7.89. The molecule has 38 heavy (non-hydrogen) atoms. The van der Waals surface area contributed by atoms with Crippen LogP contribution in [0.4, 0.5) is 8.78 Å². The van der Waals surface area contributed by atoms with Crippen LogP contribution in [0, 0.1) is 5.92 Å². The summed E-state index contributed by atoms with van der Waals surface area (Å²) in [6.45, 7) is 7.28. The highest BCUT2D eigenvalue weighted by atomic mass is 32.2. The number of amides is 1. The summed E-state index contributed by atoms with van der Waals surface area (Å²) >= 11 is 0. The number of hydrogen-bond acceptors (Lipinski definition) is 5. The van der Waals surface area contributed by atoms with Crippen molar-refractivity contribution in [2.24, 2.45) is 5.92 Å². The number of carbonyl (C=O) groups is 1. The Bertz CT molecular complexity index is 1290. The van der Waals surface area contributed by atoms with Crippen LogP contribution in [0.3, 0.4) is 0 Å². The number of benzene rings is 1. The van der Waals surface area contributed by atoms with Crippen molar-refractivity contribution in [1.82, 2.24) is 19.2 Å². The summed E-state index contributed by atoms with van der Waals surface area (Å²) in [5, 5.41) is 2.92. The van der Waals surface area contributed by atoms with E-state index in [2.05, 4.69) is 9.88 Å². The van der Waals surface area contributed by atoms with Gasteiger partial charge in [0.2, 0.25) is 21.9 Å². The second-order valence-electron chi connectivity index (χ2n) is 12.1. The van der Waals surface area contributed by atoms with Gasteiger partial charge >= 0.3 is 0 Å². The minimum absolute atomic E-state index is 0.0969. The summed E-state index contributed by atoms with van der Waals surface area (Å²) in [7, 11) is -3.82. The molecule has 2 heterocycles. The van der Waals surface area contributed by atoms with E-state index in [-0.39, 0.29) is 67.1 Å². The molecule has 0 radical (unpaired) electrons. The van der Waals surface area contributed by atoms with E-state index in [9.17, 15) is 22.0 Å². The summed E-state index contributed by atoms with van der Waals surface area (Å²) in [5.41, 5.74) is 1.07. The fraction of sp³-hybridized carbons (Fsp3) is 0.704. The summed E-state index contributed by atoms with van der Waals surface area (Å²) in [4.78, 5) is 17.2. The number of rotatable bonds is 7. The van der Waals surface area contributed by atoms with Crippen molar-refractivity contribution in [3.05, 3.63) is 24.0 Å². The van der Waals surface area contributed by atoms with Gasteiger partial charge in [0.05, 0.1) is 35.1 Å². The van der Waals surface area contributed by atoms with E-state index in [0.29, 0.717) is 24.9 Å². The van der Waals surface area contributed by atoms with Gasteiger partial charge < -0.3 is 14.6 Å². The number of imidazole rings is 1. The first-order valence-corrected chi connectivity index (χ1v) is 15.1. The van der Waals surface area contributed by atoms with E-state index in [0.717, 1.165) is 24.2 Å². The van der Waals surface area contributed by atoms with Crippen molar-refractivity contribution in [3.8, 4) is 0 Å². The molecule has 1 saturated heterocycles. The number of aromatic nitrogens is 2. The van der Waals surface area contributed by atoms with Gasteiger partial charge in [-0.25, -0.2) is 22.2 Å². The van der Waals surface area contributed by atoms with Crippen molar-refractivity contribution in [2.75, 3.05) is 19.7 Å². The lowest BCUT2D eigenvalue weighted by Crippen LogP contribution is -2.47. The number of nitrogens with one attached hydrogen (secondary N) is 1. The summed E-state index contributed by atoms with van der Waals surface area (Å²) in [6.07, 6.45) is 2.34. The molecule has 3 aliphatic rings. The van der Waals surface area contributed by atoms with E-state index in [1.807, 2.05) is 20.8 Å². The molecule has 0 spiro atoms. The van der Waals surface area contributed by atoms with Crippen LogP contribution in [0.5, 0.6) is 0 Å². The van der Waals surface area contributed by atoms with E-state index >= 15 is 0 Å². The summed E-state index contributed by atoms with van der Waals surface area (Å²) in [5.74, 6) is -1.75. The molecule has 1 aromatic carbocycles. The number of nitrogens with zero attached hydrogens (tertiary/aromatic N) is 3. The monoisotopic (exact) mass is 552 g/mol. The van der Waals surface area contributed by atoms with Gasteiger partial charge in [-0.05, 0) is 49.8 Å². The van der Waals surface area contributed by atoms with Crippen LogP contribution in [-0.2, 0) is 31.5 Å². The Morgan fingerprint density at radius 1 is 1.18 bits per heavy atom. The molecule has 2 aromatic rings. The molecule has 3 fully saturated rings. The third-order valence-corrected chi connectivity index (χ3v) is 9.62. The van der Waals surface area contributed by atoms with E-state index in [1.54, 1.807) is 18.2 Å². The van der Waals surface area contributed by atoms with Crippen LogP contribution in [0.1, 0.15) is 71.5 Å². The zero-order chi connectivity index (χ0) is 27.3. The molecule has 1 N–H and O–H groups in total. The predicted octanol–water partition coefficient (Wildman–Crippen LogP) is 4.22. The molecule has 0 bridgehead atoms. The number of ether oxygens (including phenoxy) is 1. The molecule has 11 heteroatoms. The van der Waals surface area contributed by atoms with Crippen LogP contribution < -0.4 is 5.32 Å². The molecule has 2 aliphatic carbocycles. The maximum Gasteiger partial charge on any atom is 0.248 e. The normalized spacial score (nSPS) is 23.6. The van der Waals surface area contributed by atoms with Crippen LogP contribution in [-0.4, -0.2) is 65.9 Å². The molecule has 1 amide bonds. The fourth-order valence-electron chi connectivity index (χ4n) is 5.47. The van der Waals surface area contributed by atoms with Gasteiger partial charge in [-0.1, -0.05) is 20.8 Å². The van der Waals surface area contributed by atoms with Crippen LogP contribution in [0.15, 0.2) is 23.1 Å². The van der Waals surface area contributed by atoms with Gasteiger partial charge in [-0.3, -0.25) is 4.79 Å². The third-order valence-electron chi connectivity index (χ3n) is 7.76. The molecule has 1 aliphatic heterocycles. The number of sulfonamides is 1. The van der Waals surface area contributed by atoms with Gasteiger partial charge in [0, 0.05) is 43.9 Å². The van der Waals surface area contributed by atoms with Crippen molar-refractivity contribution in [2.45, 2.75) is 101 Å².